The van der Waals surface area contributed by atoms with E-state index in [1.165, 1.54) is 4.90 Å². The minimum Gasteiger partial charge on any atom is -0.389 e. The Kier molecular flexibility index (Phi) is 5.63. The van der Waals surface area contributed by atoms with Crippen molar-refractivity contribution in [3.05, 3.63) is 29.3 Å². The minimum atomic E-state index is -0.785. The fraction of sp³-hybridized carbons (Fsp3) is 0.333. The fourth-order valence-electron chi connectivity index (χ4n) is 1.40. The Morgan fingerprint density at radius 2 is 1.85 bits per heavy atom. The van der Waals surface area contributed by atoms with Gasteiger partial charge in [-0.2, -0.15) is 0 Å². The lowest BCUT2D eigenvalue weighted by atomic mass is 10.2. The number of nitrogens with two attached hydrogens (primary N) is 1. The average Bonchev–Trinajstić information content (AvgIpc) is 2.36. The van der Waals surface area contributed by atoms with Crippen LogP contribution in [0.3, 0.4) is 0 Å². The van der Waals surface area contributed by atoms with Crippen LogP contribution in [0.5, 0.6) is 0 Å². The van der Waals surface area contributed by atoms with Gasteiger partial charge in [0.2, 0.25) is 0 Å². The molecule has 2 amide bonds. The molecule has 8 heteroatoms. The largest absolute Gasteiger partial charge is 0.389 e. The Morgan fingerprint density at radius 3 is 2.30 bits per heavy atom. The second-order valence-corrected chi connectivity index (χ2v) is 4.67. The molecule has 0 saturated carbocycles. The number of thiocarbonyl (C=S) groups is 1. The Morgan fingerprint density at radius 1 is 1.30 bits per heavy atom. The normalized spacial score (nSPS) is 10.0. The Hall–Kier alpha value is -1.96. The van der Waals surface area contributed by atoms with Crippen molar-refractivity contribution in [3.63, 3.8) is 0 Å². The molecule has 0 aliphatic carbocycles. The first-order valence-electron chi connectivity index (χ1n) is 5.80. The molecule has 0 heterocycles. The van der Waals surface area contributed by atoms with Gasteiger partial charge in [-0.25, -0.2) is 13.6 Å². The molecule has 1 aromatic carbocycles. The topological polar surface area (TPSA) is 70.4 Å². The summed E-state index contributed by atoms with van der Waals surface area (Å²) in [7, 11) is 3.19. The molecule has 0 fully saturated rings. The van der Waals surface area contributed by atoms with E-state index in [-0.39, 0.29) is 35.4 Å². The van der Waals surface area contributed by atoms with E-state index in [0.29, 0.717) is 0 Å². The fourth-order valence-corrected chi connectivity index (χ4v) is 1.52. The Bertz CT molecular complexity index is 499. The van der Waals surface area contributed by atoms with Crippen LogP contribution in [0.1, 0.15) is 5.56 Å². The summed E-state index contributed by atoms with van der Waals surface area (Å²) in [6.45, 7) is 0.410. The highest BCUT2D eigenvalue weighted by Crippen LogP contribution is 2.20. The summed E-state index contributed by atoms with van der Waals surface area (Å²) in [6.07, 6.45) is 0. The van der Waals surface area contributed by atoms with Crippen molar-refractivity contribution in [1.29, 1.82) is 0 Å². The second-order valence-electron chi connectivity index (χ2n) is 4.23. The monoisotopic (exact) mass is 302 g/mol. The molecular weight excluding hydrogens is 286 g/mol. The molecule has 1 aromatic rings. The standard InChI is InChI=1S/C12H16F2N4OS/c1-18(2)12(19)17-4-3-16-10-8(13)5-7(11(15)20)6-9(10)14/h5-6,16H,3-4H2,1-2H3,(H2,15,20)(H,17,19). The van der Waals surface area contributed by atoms with Gasteiger partial charge < -0.3 is 21.3 Å². The van der Waals surface area contributed by atoms with Crippen LogP contribution in [0.15, 0.2) is 12.1 Å². The number of halogens is 2. The van der Waals surface area contributed by atoms with Crippen molar-refractivity contribution >= 4 is 28.9 Å². The highest BCUT2D eigenvalue weighted by molar-refractivity contribution is 7.80. The number of nitrogens with one attached hydrogen (secondary N) is 2. The van der Waals surface area contributed by atoms with Crippen LogP contribution in [-0.2, 0) is 0 Å². The summed E-state index contributed by atoms with van der Waals surface area (Å²) in [4.78, 5) is 12.5. The van der Waals surface area contributed by atoms with Crippen LogP contribution in [-0.4, -0.2) is 43.1 Å². The SMILES string of the molecule is CN(C)C(=O)NCCNc1c(F)cc(C(N)=S)cc1F. The molecule has 4 N–H and O–H groups in total. The van der Waals surface area contributed by atoms with E-state index < -0.39 is 11.6 Å². The van der Waals surface area contributed by atoms with Gasteiger partial charge in [0.05, 0.1) is 0 Å². The van der Waals surface area contributed by atoms with E-state index in [9.17, 15) is 13.6 Å². The van der Waals surface area contributed by atoms with Crippen molar-refractivity contribution in [2.75, 3.05) is 32.5 Å². The molecule has 0 bridgehead atoms. The third-order valence-electron chi connectivity index (χ3n) is 2.44. The number of anilines is 1. The number of urea groups is 1. The smallest absolute Gasteiger partial charge is 0.316 e. The molecule has 0 aliphatic heterocycles. The third kappa shape index (κ3) is 4.30. The van der Waals surface area contributed by atoms with Gasteiger partial charge in [0.15, 0.2) is 0 Å². The number of carbonyl (C=O) groups excluding carboxylic acids is 1. The molecular formula is C12H16F2N4OS. The van der Waals surface area contributed by atoms with Gasteiger partial charge in [-0.3, -0.25) is 0 Å². The van der Waals surface area contributed by atoms with Gasteiger partial charge in [0, 0.05) is 32.7 Å². The highest BCUT2D eigenvalue weighted by atomic mass is 32.1. The van der Waals surface area contributed by atoms with E-state index in [0.717, 1.165) is 12.1 Å². The summed E-state index contributed by atoms with van der Waals surface area (Å²) in [6, 6.07) is 1.84. The van der Waals surface area contributed by atoms with Crippen LogP contribution in [0, 0.1) is 11.6 Å². The average molecular weight is 302 g/mol. The molecule has 1 rings (SSSR count). The first kappa shape index (κ1) is 16.1. The number of hydrogen-bond acceptors (Lipinski definition) is 3. The summed E-state index contributed by atoms with van der Waals surface area (Å²) in [5.74, 6) is -1.57. The zero-order chi connectivity index (χ0) is 15.3. The molecule has 0 aliphatic rings. The molecule has 0 radical (unpaired) electrons. The lowest BCUT2D eigenvalue weighted by molar-refractivity contribution is 0.218. The minimum absolute atomic E-state index is 0.0763. The zero-order valence-electron chi connectivity index (χ0n) is 11.2. The van der Waals surface area contributed by atoms with Crippen LogP contribution in [0.2, 0.25) is 0 Å². The predicted octanol–water partition coefficient (Wildman–Crippen LogP) is 1.28. The summed E-state index contributed by atoms with van der Waals surface area (Å²) < 4.78 is 27.3. The Balaban J connectivity index is 2.61. The zero-order valence-corrected chi connectivity index (χ0v) is 12.0. The van der Waals surface area contributed by atoms with E-state index in [4.69, 9.17) is 5.73 Å². The number of rotatable bonds is 5. The lowest BCUT2D eigenvalue weighted by Crippen LogP contribution is -2.37. The first-order chi connectivity index (χ1) is 9.32. The number of amides is 2. The van der Waals surface area contributed by atoms with Crippen LogP contribution in [0.4, 0.5) is 19.3 Å². The van der Waals surface area contributed by atoms with E-state index in [2.05, 4.69) is 22.9 Å². The molecule has 0 saturated heterocycles. The van der Waals surface area contributed by atoms with Gasteiger partial charge >= 0.3 is 6.03 Å². The van der Waals surface area contributed by atoms with Crippen LogP contribution < -0.4 is 16.4 Å². The van der Waals surface area contributed by atoms with Gasteiger partial charge in [-0.1, -0.05) is 12.2 Å². The third-order valence-corrected chi connectivity index (χ3v) is 2.67. The van der Waals surface area contributed by atoms with Crippen LogP contribution in [0.25, 0.3) is 0 Å². The molecule has 0 aromatic heterocycles. The van der Waals surface area contributed by atoms with Crippen molar-refractivity contribution in [3.8, 4) is 0 Å². The highest BCUT2D eigenvalue weighted by Gasteiger charge is 2.12. The number of benzene rings is 1. The molecule has 0 unspecified atom stereocenters. The van der Waals surface area contributed by atoms with E-state index in [1.807, 2.05) is 0 Å². The van der Waals surface area contributed by atoms with Gasteiger partial charge in [0.1, 0.15) is 22.3 Å². The van der Waals surface area contributed by atoms with Crippen LogP contribution >= 0.6 is 12.2 Å². The molecule has 0 spiro atoms. The summed E-state index contributed by atoms with van der Waals surface area (Å²) in [5.41, 5.74) is 5.16. The number of hydrogen-bond donors (Lipinski definition) is 3. The van der Waals surface area contributed by atoms with Gasteiger partial charge in [0.25, 0.3) is 0 Å². The number of nitrogens with zero attached hydrogens (tertiary/aromatic N) is 1. The maximum atomic E-state index is 13.7. The molecule has 5 nitrogen and oxygen atoms in total. The van der Waals surface area contributed by atoms with Crippen molar-refractivity contribution < 1.29 is 13.6 Å². The van der Waals surface area contributed by atoms with E-state index >= 15 is 0 Å². The molecule has 110 valence electrons. The molecule has 0 atom stereocenters. The lowest BCUT2D eigenvalue weighted by Gasteiger charge is -2.13. The first-order valence-corrected chi connectivity index (χ1v) is 6.21. The van der Waals surface area contributed by atoms with Crippen molar-refractivity contribution in [2.45, 2.75) is 0 Å². The maximum absolute atomic E-state index is 13.7. The number of carbonyl (C=O) groups is 1. The Labute approximate surface area is 121 Å². The molecule has 20 heavy (non-hydrogen) atoms. The van der Waals surface area contributed by atoms with E-state index in [1.54, 1.807) is 14.1 Å². The summed E-state index contributed by atoms with van der Waals surface area (Å²) in [5, 5.41) is 5.13. The van der Waals surface area contributed by atoms with Crippen molar-refractivity contribution in [1.82, 2.24) is 10.2 Å². The predicted molar refractivity (Wildman–Crippen MR) is 77.8 cm³/mol. The maximum Gasteiger partial charge on any atom is 0.316 e. The van der Waals surface area contributed by atoms with Gasteiger partial charge in [-0.15, -0.1) is 0 Å². The van der Waals surface area contributed by atoms with Crippen molar-refractivity contribution in [2.24, 2.45) is 5.73 Å². The van der Waals surface area contributed by atoms with Gasteiger partial charge in [-0.05, 0) is 12.1 Å². The second kappa shape index (κ2) is 6.99. The summed E-state index contributed by atoms with van der Waals surface area (Å²) >= 11 is 4.66. The quantitative estimate of drug-likeness (QED) is 0.566.